The van der Waals surface area contributed by atoms with Gasteiger partial charge in [0, 0.05) is 31.3 Å². The van der Waals surface area contributed by atoms with E-state index in [9.17, 15) is 9.59 Å². The van der Waals surface area contributed by atoms with Crippen LogP contribution >= 0.6 is 0 Å². The molecule has 0 radical (unpaired) electrons. The first kappa shape index (κ1) is 16.2. The summed E-state index contributed by atoms with van der Waals surface area (Å²) in [4.78, 5) is 26.0. The molecule has 4 nitrogen and oxygen atoms in total. The van der Waals surface area contributed by atoms with Crippen LogP contribution in [0.25, 0.3) is 0 Å². The van der Waals surface area contributed by atoms with Crippen molar-refractivity contribution in [3.63, 3.8) is 0 Å². The minimum absolute atomic E-state index is 0.0884. The first-order valence-electron chi connectivity index (χ1n) is 8.20. The molecule has 0 saturated heterocycles. The summed E-state index contributed by atoms with van der Waals surface area (Å²) in [6.07, 6.45) is 0.861. The Morgan fingerprint density at radius 1 is 1.04 bits per heavy atom. The Balaban J connectivity index is 1.81. The molecular formula is C20H22N2O2. The highest BCUT2D eigenvalue weighted by atomic mass is 16.2. The average Bonchev–Trinajstić information content (AvgIpc) is 2.56. The van der Waals surface area contributed by atoms with Gasteiger partial charge < -0.3 is 10.2 Å². The highest BCUT2D eigenvalue weighted by Gasteiger charge is 2.19. The second-order valence-corrected chi connectivity index (χ2v) is 6.45. The van der Waals surface area contributed by atoms with E-state index in [2.05, 4.69) is 5.32 Å². The minimum Gasteiger partial charge on any atom is -0.338 e. The van der Waals surface area contributed by atoms with Crippen molar-refractivity contribution in [1.82, 2.24) is 4.90 Å². The molecule has 2 aromatic carbocycles. The van der Waals surface area contributed by atoms with E-state index in [1.807, 2.05) is 55.1 Å². The monoisotopic (exact) mass is 322 g/mol. The van der Waals surface area contributed by atoms with Crippen molar-refractivity contribution in [2.45, 2.75) is 33.7 Å². The molecule has 0 atom stereocenters. The number of fused-ring (bicyclic) bond motifs is 1. The van der Waals surface area contributed by atoms with Crippen molar-refractivity contribution in [3.8, 4) is 0 Å². The predicted molar refractivity (Wildman–Crippen MR) is 95.1 cm³/mol. The van der Waals surface area contributed by atoms with Crippen molar-refractivity contribution in [3.05, 3.63) is 64.2 Å². The molecule has 0 saturated carbocycles. The van der Waals surface area contributed by atoms with E-state index in [0.29, 0.717) is 12.1 Å². The topological polar surface area (TPSA) is 49.4 Å². The van der Waals surface area contributed by atoms with E-state index < -0.39 is 0 Å². The van der Waals surface area contributed by atoms with E-state index in [-0.39, 0.29) is 11.8 Å². The fourth-order valence-electron chi connectivity index (χ4n) is 3.08. The molecule has 0 fully saturated rings. The van der Waals surface area contributed by atoms with Gasteiger partial charge in [-0.05, 0) is 55.2 Å². The fraction of sp³-hybridized carbons (Fsp3) is 0.300. The second kappa shape index (κ2) is 6.48. The van der Waals surface area contributed by atoms with Gasteiger partial charge in [0.25, 0.3) is 5.91 Å². The number of amides is 2. The van der Waals surface area contributed by atoms with Gasteiger partial charge >= 0.3 is 0 Å². The molecule has 1 aliphatic heterocycles. The Bertz CT molecular complexity index is 811. The summed E-state index contributed by atoms with van der Waals surface area (Å²) in [5.41, 5.74) is 5.84. The van der Waals surface area contributed by atoms with Gasteiger partial charge in [-0.2, -0.15) is 0 Å². The average molecular weight is 322 g/mol. The third-order valence-electron chi connectivity index (χ3n) is 4.56. The number of nitrogens with one attached hydrogen (secondary N) is 1. The summed E-state index contributed by atoms with van der Waals surface area (Å²) in [5.74, 6) is -0.0131. The molecule has 1 N–H and O–H groups in total. The van der Waals surface area contributed by atoms with Gasteiger partial charge in [0.2, 0.25) is 5.91 Å². The predicted octanol–water partition coefficient (Wildman–Crippen LogP) is 3.46. The summed E-state index contributed by atoms with van der Waals surface area (Å²) in [7, 11) is 0. The van der Waals surface area contributed by atoms with Crippen LogP contribution in [-0.4, -0.2) is 23.3 Å². The van der Waals surface area contributed by atoms with Crippen LogP contribution in [0.1, 0.15) is 39.5 Å². The number of benzene rings is 2. The zero-order chi connectivity index (χ0) is 17.3. The quantitative estimate of drug-likeness (QED) is 0.920. The summed E-state index contributed by atoms with van der Waals surface area (Å²) < 4.78 is 0. The SMILES string of the molecule is CC(=O)N1CCc2ccc(NC(=O)c3cc(C)ccc3C)cc2C1. The molecule has 3 rings (SSSR count). The Labute approximate surface area is 142 Å². The number of aryl methyl sites for hydroxylation is 2. The highest BCUT2D eigenvalue weighted by Crippen LogP contribution is 2.23. The molecule has 0 aliphatic carbocycles. The Morgan fingerprint density at radius 2 is 1.83 bits per heavy atom. The van der Waals surface area contributed by atoms with Crippen LogP contribution in [0.2, 0.25) is 0 Å². The van der Waals surface area contributed by atoms with Crippen LogP contribution in [0.5, 0.6) is 0 Å². The van der Waals surface area contributed by atoms with Crippen molar-refractivity contribution in [2.75, 3.05) is 11.9 Å². The Kier molecular flexibility index (Phi) is 4.38. The third kappa shape index (κ3) is 3.32. The molecule has 0 aromatic heterocycles. The number of anilines is 1. The number of carbonyl (C=O) groups is 2. The van der Waals surface area contributed by atoms with E-state index in [1.54, 1.807) is 6.92 Å². The lowest BCUT2D eigenvalue weighted by Gasteiger charge is -2.28. The number of hydrogen-bond acceptors (Lipinski definition) is 2. The molecule has 1 heterocycles. The molecule has 0 unspecified atom stereocenters. The summed E-state index contributed by atoms with van der Waals surface area (Å²) >= 11 is 0. The largest absolute Gasteiger partial charge is 0.338 e. The van der Waals surface area contributed by atoms with Gasteiger partial charge in [0.15, 0.2) is 0 Å². The van der Waals surface area contributed by atoms with Gasteiger partial charge in [-0.3, -0.25) is 9.59 Å². The summed E-state index contributed by atoms with van der Waals surface area (Å²) in [6.45, 7) is 6.88. The molecule has 1 aliphatic rings. The Hall–Kier alpha value is -2.62. The molecular weight excluding hydrogens is 300 g/mol. The smallest absolute Gasteiger partial charge is 0.255 e. The normalized spacial score (nSPS) is 13.4. The maximum Gasteiger partial charge on any atom is 0.255 e. The number of rotatable bonds is 2. The number of nitrogens with zero attached hydrogens (tertiary/aromatic N) is 1. The first-order chi connectivity index (χ1) is 11.4. The third-order valence-corrected chi connectivity index (χ3v) is 4.56. The number of carbonyl (C=O) groups excluding carboxylic acids is 2. The van der Waals surface area contributed by atoms with Crippen LogP contribution in [0.3, 0.4) is 0 Å². The van der Waals surface area contributed by atoms with Crippen molar-refractivity contribution < 1.29 is 9.59 Å². The van der Waals surface area contributed by atoms with Gasteiger partial charge in [-0.1, -0.05) is 23.8 Å². The van der Waals surface area contributed by atoms with Crippen LogP contribution in [0.15, 0.2) is 36.4 Å². The molecule has 0 bridgehead atoms. The Morgan fingerprint density at radius 3 is 2.58 bits per heavy atom. The van der Waals surface area contributed by atoms with Gasteiger partial charge in [-0.15, -0.1) is 0 Å². The second-order valence-electron chi connectivity index (χ2n) is 6.45. The maximum absolute atomic E-state index is 12.6. The van der Waals surface area contributed by atoms with Crippen molar-refractivity contribution >= 4 is 17.5 Å². The molecule has 24 heavy (non-hydrogen) atoms. The summed E-state index contributed by atoms with van der Waals surface area (Å²) in [6, 6.07) is 11.8. The van der Waals surface area contributed by atoms with Gasteiger partial charge in [0.05, 0.1) is 0 Å². The lowest BCUT2D eigenvalue weighted by molar-refractivity contribution is -0.129. The molecule has 2 amide bonds. The highest BCUT2D eigenvalue weighted by molar-refractivity contribution is 6.05. The van der Waals surface area contributed by atoms with E-state index in [1.165, 1.54) is 5.56 Å². The van der Waals surface area contributed by atoms with Crippen LogP contribution in [-0.2, 0) is 17.8 Å². The van der Waals surface area contributed by atoms with E-state index in [4.69, 9.17) is 0 Å². The van der Waals surface area contributed by atoms with E-state index >= 15 is 0 Å². The van der Waals surface area contributed by atoms with Crippen molar-refractivity contribution in [1.29, 1.82) is 0 Å². The lowest BCUT2D eigenvalue weighted by atomic mass is 9.98. The zero-order valence-electron chi connectivity index (χ0n) is 14.3. The maximum atomic E-state index is 12.6. The zero-order valence-corrected chi connectivity index (χ0v) is 14.3. The van der Waals surface area contributed by atoms with Crippen LogP contribution in [0, 0.1) is 13.8 Å². The van der Waals surface area contributed by atoms with Crippen LogP contribution in [0.4, 0.5) is 5.69 Å². The molecule has 2 aromatic rings. The van der Waals surface area contributed by atoms with E-state index in [0.717, 1.165) is 35.3 Å². The lowest BCUT2D eigenvalue weighted by Crippen LogP contribution is -2.34. The standard InChI is InChI=1S/C20H22N2O2/c1-13-4-5-14(2)19(10-13)20(24)21-18-7-6-16-8-9-22(15(3)23)12-17(16)11-18/h4-7,10-11H,8-9,12H2,1-3H3,(H,21,24). The van der Waals surface area contributed by atoms with Gasteiger partial charge in [0.1, 0.15) is 0 Å². The van der Waals surface area contributed by atoms with Crippen molar-refractivity contribution in [2.24, 2.45) is 0 Å². The summed E-state index contributed by atoms with van der Waals surface area (Å²) in [5, 5.41) is 2.98. The number of hydrogen-bond donors (Lipinski definition) is 1. The molecule has 124 valence electrons. The van der Waals surface area contributed by atoms with Crippen LogP contribution < -0.4 is 5.32 Å². The minimum atomic E-state index is -0.101. The van der Waals surface area contributed by atoms with Gasteiger partial charge in [-0.25, -0.2) is 0 Å². The first-order valence-corrected chi connectivity index (χ1v) is 8.20. The molecule has 0 spiro atoms. The fourth-order valence-corrected chi connectivity index (χ4v) is 3.08. The molecule has 4 heteroatoms.